The van der Waals surface area contributed by atoms with Gasteiger partial charge in [0, 0.05) is 25.4 Å². The molecule has 10 heteroatoms. The van der Waals surface area contributed by atoms with Gasteiger partial charge in [-0.2, -0.15) is 0 Å². The van der Waals surface area contributed by atoms with Crippen molar-refractivity contribution in [3.8, 4) is 0 Å². The van der Waals surface area contributed by atoms with Crippen LogP contribution in [0.2, 0.25) is 0 Å². The number of nitrogens with zero attached hydrogens (tertiary/aromatic N) is 5. The number of sulfone groups is 1. The van der Waals surface area contributed by atoms with Gasteiger partial charge in [-0.1, -0.05) is 5.10 Å². The summed E-state index contributed by atoms with van der Waals surface area (Å²) in [5, 5.41) is 10.8. The fourth-order valence-electron chi connectivity index (χ4n) is 2.91. The smallest absolute Gasteiger partial charge is 0.268 e. The van der Waals surface area contributed by atoms with Gasteiger partial charge in [-0.3, -0.25) is 4.79 Å². The predicted octanol–water partition coefficient (Wildman–Crippen LogP) is 0.562. The van der Waals surface area contributed by atoms with Gasteiger partial charge in [0.05, 0.1) is 11.3 Å². The first kappa shape index (κ1) is 19.5. The lowest BCUT2D eigenvalue weighted by molar-refractivity contribution is -0.128. The maximum absolute atomic E-state index is 12.8. The molecule has 25 heavy (non-hydrogen) atoms. The highest BCUT2D eigenvalue weighted by molar-refractivity contribution is 7.91. The summed E-state index contributed by atoms with van der Waals surface area (Å²) in [6, 6.07) is -0.376. The Hall–Kier alpha value is -1.84. The summed E-state index contributed by atoms with van der Waals surface area (Å²) in [6.07, 6.45) is 3.52. The van der Waals surface area contributed by atoms with Crippen LogP contribution in [-0.2, 0) is 25.0 Å². The topological polar surface area (TPSA) is 115 Å². The molecule has 0 saturated carbocycles. The van der Waals surface area contributed by atoms with E-state index in [0.717, 1.165) is 6.29 Å². The number of hydrogen-bond donors (Lipinski definition) is 0. The number of hydrogen-bond acceptors (Lipinski definition) is 7. The van der Waals surface area contributed by atoms with Crippen molar-refractivity contribution in [2.75, 3.05) is 12.3 Å². The zero-order valence-corrected chi connectivity index (χ0v) is 15.7. The summed E-state index contributed by atoms with van der Waals surface area (Å²) in [4.78, 5) is 24.1. The Bertz CT molecular complexity index is 723. The average molecular weight is 371 g/mol. The molecule has 9 nitrogen and oxygen atoms in total. The minimum atomic E-state index is -3.73. The first-order valence-electron chi connectivity index (χ1n) is 8.41. The molecule has 0 unspecified atom stereocenters. The van der Waals surface area contributed by atoms with E-state index < -0.39 is 15.4 Å². The maximum Gasteiger partial charge on any atom is 0.268 e. The van der Waals surface area contributed by atoms with E-state index in [2.05, 4.69) is 15.5 Å². The minimum absolute atomic E-state index is 0.0401. The highest BCUT2D eigenvalue weighted by atomic mass is 32.2. The summed E-state index contributed by atoms with van der Waals surface area (Å²) in [5.41, 5.74) is -0.564. The molecule has 1 aliphatic rings. The Morgan fingerprint density at radius 3 is 2.64 bits per heavy atom. The summed E-state index contributed by atoms with van der Waals surface area (Å²) < 4.78 is 26.9. The third-order valence-electron chi connectivity index (χ3n) is 4.19. The maximum atomic E-state index is 12.8. The van der Waals surface area contributed by atoms with Crippen LogP contribution in [0.4, 0.5) is 0 Å². The molecule has 140 valence electrons. The second kappa shape index (κ2) is 7.59. The van der Waals surface area contributed by atoms with Gasteiger partial charge in [0.15, 0.2) is 0 Å². The SMILES string of the molecule is CC(C)(C)n1nnnc1S(=O)(=O)C[C@H]1CCC(=O)N1CCCCC=O. The summed E-state index contributed by atoms with van der Waals surface area (Å²) >= 11 is 0. The van der Waals surface area contributed by atoms with Gasteiger partial charge in [-0.15, -0.1) is 0 Å². The second-order valence-electron chi connectivity index (χ2n) is 7.27. The van der Waals surface area contributed by atoms with Crippen LogP contribution >= 0.6 is 0 Å². The second-order valence-corrected chi connectivity index (χ2v) is 9.20. The Balaban J connectivity index is 2.12. The van der Waals surface area contributed by atoms with Crippen molar-refractivity contribution < 1.29 is 18.0 Å². The number of carbonyl (C=O) groups excluding carboxylic acids is 2. The predicted molar refractivity (Wildman–Crippen MR) is 89.5 cm³/mol. The molecular weight excluding hydrogens is 346 g/mol. The average Bonchev–Trinajstić information content (AvgIpc) is 3.12. The minimum Gasteiger partial charge on any atom is -0.339 e. The summed E-state index contributed by atoms with van der Waals surface area (Å²) in [5.74, 6) is -0.232. The largest absolute Gasteiger partial charge is 0.339 e. The summed E-state index contributed by atoms with van der Waals surface area (Å²) in [6.45, 7) is 5.93. The third kappa shape index (κ3) is 4.62. The van der Waals surface area contributed by atoms with Crippen LogP contribution in [-0.4, -0.2) is 64.1 Å². The lowest BCUT2D eigenvalue weighted by atomic mass is 10.1. The quantitative estimate of drug-likeness (QED) is 0.484. The van der Waals surface area contributed by atoms with E-state index in [1.807, 2.05) is 20.8 Å². The zero-order chi connectivity index (χ0) is 18.7. The molecule has 2 rings (SSSR count). The van der Waals surface area contributed by atoms with E-state index in [-0.39, 0.29) is 22.9 Å². The molecule has 0 aliphatic carbocycles. The van der Waals surface area contributed by atoms with Gasteiger partial charge < -0.3 is 9.69 Å². The normalized spacial score (nSPS) is 18.8. The van der Waals surface area contributed by atoms with E-state index in [1.54, 1.807) is 4.90 Å². The van der Waals surface area contributed by atoms with Gasteiger partial charge in [0.1, 0.15) is 6.29 Å². The van der Waals surface area contributed by atoms with Crippen LogP contribution < -0.4 is 0 Å². The molecule has 1 aromatic rings. The fraction of sp³-hybridized carbons (Fsp3) is 0.800. The Labute approximate surface area is 147 Å². The van der Waals surface area contributed by atoms with Crippen molar-refractivity contribution >= 4 is 22.0 Å². The van der Waals surface area contributed by atoms with Crippen molar-refractivity contribution in [1.29, 1.82) is 0 Å². The molecule has 1 atom stereocenters. The van der Waals surface area contributed by atoms with Crippen LogP contribution in [0.15, 0.2) is 5.16 Å². The van der Waals surface area contributed by atoms with E-state index in [0.29, 0.717) is 38.6 Å². The van der Waals surface area contributed by atoms with Gasteiger partial charge in [0.25, 0.3) is 5.16 Å². The Morgan fingerprint density at radius 1 is 1.28 bits per heavy atom. The monoisotopic (exact) mass is 371 g/mol. The zero-order valence-electron chi connectivity index (χ0n) is 14.9. The first-order chi connectivity index (χ1) is 11.7. The third-order valence-corrected chi connectivity index (χ3v) is 5.82. The van der Waals surface area contributed by atoms with Gasteiger partial charge >= 0.3 is 0 Å². The summed E-state index contributed by atoms with van der Waals surface area (Å²) in [7, 11) is -3.73. The van der Waals surface area contributed by atoms with Crippen molar-refractivity contribution in [2.45, 2.75) is 69.6 Å². The van der Waals surface area contributed by atoms with Crippen LogP contribution in [0.3, 0.4) is 0 Å². The Morgan fingerprint density at radius 2 is 2.00 bits per heavy atom. The molecule has 1 aromatic heterocycles. The Kier molecular flexibility index (Phi) is 5.91. The van der Waals surface area contributed by atoms with Crippen molar-refractivity contribution in [2.24, 2.45) is 0 Å². The molecule has 2 heterocycles. The number of tetrazole rings is 1. The number of amides is 1. The molecule has 1 amide bonds. The molecule has 1 aliphatic heterocycles. The van der Waals surface area contributed by atoms with Crippen LogP contribution in [0.5, 0.6) is 0 Å². The van der Waals surface area contributed by atoms with E-state index in [1.165, 1.54) is 4.68 Å². The number of rotatable bonds is 8. The molecule has 0 bridgehead atoms. The lowest BCUT2D eigenvalue weighted by Gasteiger charge is -2.25. The molecule has 0 radical (unpaired) electrons. The number of carbonyl (C=O) groups is 2. The molecule has 0 spiro atoms. The molecule has 1 saturated heterocycles. The molecule has 1 fully saturated rings. The highest BCUT2D eigenvalue weighted by Crippen LogP contribution is 2.24. The fourth-order valence-corrected chi connectivity index (χ4v) is 4.64. The van der Waals surface area contributed by atoms with Gasteiger partial charge in [0.2, 0.25) is 15.7 Å². The van der Waals surface area contributed by atoms with Crippen molar-refractivity contribution in [3.63, 3.8) is 0 Å². The van der Waals surface area contributed by atoms with E-state index >= 15 is 0 Å². The van der Waals surface area contributed by atoms with Crippen LogP contribution in [0.1, 0.15) is 52.9 Å². The van der Waals surface area contributed by atoms with Crippen LogP contribution in [0.25, 0.3) is 0 Å². The van der Waals surface area contributed by atoms with Crippen molar-refractivity contribution in [1.82, 2.24) is 25.1 Å². The van der Waals surface area contributed by atoms with Crippen LogP contribution in [0, 0.1) is 0 Å². The van der Waals surface area contributed by atoms with Gasteiger partial charge in [-0.05, 0) is 50.5 Å². The number of unbranched alkanes of at least 4 members (excludes halogenated alkanes) is 2. The van der Waals surface area contributed by atoms with Crippen molar-refractivity contribution in [3.05, 3.63) is 0 Å². The van der Waals surface area contributed by atoms with Gasteiger partial charge in [-0.25, -0.2) is 13.1 Å². The standard InChI is InChI=1S/C15H25N5O4S/c1-15(2,3)20-14(16-17-18-20)25(23,24)11-12-7-8-13(22)19(12)9-5-4-6-10-21/h10,12H,4-9,11H2,1-3H3/t12-/m1/s1. The molecule has 0 aromatic carbocycles. The lowest BCUT2D eigenvalue weighted by Crippen LogP contribution is -2.39. The van der Waals surface area contributed by atoms with E-state index in [4.69, 9.17) is 0 Å². The highest BCUT2D eigenvalue weighted by Gasteiger charge is 2.37. The number of likely N-dealkylation sites (tertiary alicyclic amines) is 1. The molecule has 0 N–H and O–H groups in total. The number of aromatic nitrogens is 4. The first-order valence-corrected chi connectivity index (χ1v) is 10.1. The van der Waals surface area contributed by atoms with E-state index in [9.17, 15) is 18.0 Å². The number of aldehydes is 1. The molecular formula is C15H25N5O4S.